The Labute approximate surface area is 132 Å². The van der Waals surface area contributed by atoms with Crippen LogP contribution >= 0.6 is 11.6 Å². The molecule has 1 aromatic rings. The topological polar surface area (TPSA) is 63.4 Å². The Morgan fingerprint density at radius 3 is 2.52 bits per heavy atom. The van der Waals surface area contributed by atoms with Gasteiger partial charge in [-0.1, -0.05) is 24.4 Å². The van der Waals surface area contributed by atoms with Crippen LogP contribution in [0.1, 0.15) is 36.8 Å². The molecule has 6 heteroatoms. The molecule has 0 atom stereocenters. The van der Waals surface area contributed by atoms with Gasteiger partial charge in [0.2, 0.25) is 10.0 Å². The number of sulfonamides is 1. The maximum absolute atomic E-state index is 12.8. The highest BCUT2D eigenvalue weighted by molar-refractivity contribution is 7.89. The summed E-state index contributed by atoms with van der Waals surface area (Å²) < 4.78 is 27.0. The predicted octanol–water partition coefficient (Wildman–Crippen LogP) is 2.92. The third-order valence-electron chi connectivity index (χ3n) is 4.33. The Kier molecular flexibility index (Phi) is 5.30. The van der Waals surface area contributed by atoms with Crippen molar-refractivity contribution in [2.24, 2.45) is 11.7 Å². The van der Waals surface area contributed by atoms with E-state index in [0.29, 0.717) is 23.0 Å². The minimum Gasteiger partial charge on any atom is -0.326 e. The highest BCUT2D eigenvalue weighted by Gasteiger charge is 2.27. The molecule has 1 aromatic carbocycles. The summed E-state index contributed by atoms with van der Waals surface area (Å²) in [5, 5.41) is 0.411. The van der Waals surface area contributed by atoms with Crippen LogP contribution in [0.25, 0.3) is 0 Å². The summed E-state index contributed by atoms with van der Waals surface area (Å²) in [6, 6.07) is 3.25. The van der Waals surface area contributed by atoms with Gasteiger partial charge in [-0.05, 0) is 48.9 Å². The van der Waals surface area contributed by atoms with E-state index in [2.05, 4.69) is 0 Å². The van der Waals surface area contributed by atoms with E-state index >= 15 is 0 Å². The third kappa shape index (κ3) is 3.59. The zero-order valence-electron chi connectivity index (χ0n) is 12.6. The molecular weight excluding hydrogens is 308 g/mol. The lowest BCUT2D eigenvalue weighted by Gasteiger charge is -2.22. The molecule has 0 unspecified atom stereocenters. The van der Waals surface area contributed by atoms with Crippen molar-refractivity contribution in [3.8, 4) is 0 Å². The second-order valence-corrected chi connectivity index (χ2v) is 8.28. The first-order valence-electron chi connectivity index (χ1n) is 7.31. The van der Waals surface area contributed by atoms with E-state index in [1.54, 1.807) is 20.0 Å². The lowest BCUT2D eigenvalue weighted by atomic mass is 10.1. The molecule has 4 nitrogen and oxygen atoms in total. The van der Waals surface area contributed by atoms with Crippen LogP contribution in [-0.4, -0.2) is 26.3 Å². The van der Waals surface area contributed by atoms with E-state index in [0.717, 1.165) is 18.4 Å². The van der Waals surface area contributed by atoms with E-state index in [4.69, 9.17) is 17.3 Å². The molecule has 118 valence electrons. The molecule has 1 aliphatic carbocycles. The lowest BCUT2D eigenvalue weighted by molar-refractivity contribution is 0.387. The van der Waals surface area contributed by atoms with Crippen LogP contribution in [-0.2, 0) is 16.6 Å². The van der Waals surface area contributed by atoms with Gasteiger partial charge in [0.25, 0.3) is 0 Å². The summed E-state index contributed by atoms with van der Waals surface area (Å²) in [5.74, 6) is 0.471. The fourth-order valence-corrected chi connectivity index (χ4v) is 4.85. The first-order valence-corrected chi connectivity index (χ1v) is 9.13. The monoisotopic (exact) mass is 330 g/mol. The molecule has 2 rings (SSSR count). The number of hydrogen-bond donors (Lipinski definition) is 1. The maximum Gasteiger partial charge on any atom is 0.243 e. The molecule has 21 heavy (non-hydrogen) atoms. The molecule has 1 saturated carbocycles. The van der Waals surface area contributed by atoms with E-state index in [9.17, 15) is 8.42 Å². The zero-order chi connectivity index (χ0) is 15.6. The summed E-state index contributed by atoms with van der Waals surface area (Å²) in [4.78, 5) is 0.274. The fraction of sp³-hybridized carbons (Fsp3) is 0.600. The summed E-state index contributed by atoms with van der Waals surface area (Å²) in [6.45, 7) is 2.64. The van der Waals surface area contributed by atoms with Gasteiger partial charge in [-0.15, -0.1) is 0 Å². The molecule has 0 amide bonds. The fourth-order valence-electron chi connectivity index (χ4n) is 3.01. The first-order chi connectivity index (χ1) is 9.86. The normalized spacial score (nSPS) is 16.8. The Morgan fingerprint density at radius 2 is 1.95 bits per heavy atom. The molecule has 0 aromatic heterocycles. The number of rotatable bonds is 5. The van der Waals surface area contributed by atoms with Gasteiger partial charge in [0.15, 0.2) is 0 Å². The van der Waals surface area contributed by atoms with Gasteiger partial charge in [-0.25, -0.2) is 12.7 Å². The maximum atomic E-state index is 12.8. The number of hydrogen-bond acceptors (Lipinski definition) is 3. The third-order valence-corrected chi connectivity index (χ3v) is 6.50. The van der Waals surface area contributed by atoms with E-state index in [1.807, 2.05) is 0 Å². The van der Waals surface area contributed by atoms with Gasteiger partial charge in [-0.2, -0.15) is 0 Å². The van der Waals surface area contributed by atoms with Gasteiger partial charge >= 0.3 is 0 Å². The van der Waals surface area contributed by atoms with Crippen molar-refractivity contribution in [1.29, 1.82) is 0 Å². The number of nitrogens with two attached hydrogens (primary N) is 1. The summed E-state index contributed by atoms with van der Waals surface area (Å²) in [6.07, 6.45) is 4.63. The average Bonchev–Trinajstić information content (AvgIpc) is 2.93. The van der Waals surface area contributed by atoms with E-state index in [1.165, 1.54) is 23.2 Å². The van der Waals surface area contributed by atoms with Crippen molar-refractivity contribution in [1.82, 2.24) is 4.31 Å². The van der Waals surface area contributed by atoms with Crippen LogP contribution in [0.2, 0.25) is 5.02 Å². The summed E-state index contributed by atoms with van der Waals surface area (Å²) in [7, 11) is -1.87. The van der Waals surface area contributed by atoms with Gasteiger partial charge in [0.05, 0.1) is 4.90 Å². The van der Waals surface area contributed by atoms with E-state index in [-0.39, 0.29) is 11.4 Å². The molecule has 0 bridgehead atoms. The quantitative estimate of drug-likeness (QED) is 0.902. The molecule has 2 N–H and O–H groups in total. The number of benzene rings is 1. The van der Waals surface area contributed by atoms with Gasteiger partial charge in [-0.3, -0.25) is 0 Å². The van der Waals surface area contributed by atoms with Crippen molar-refractivity contribution >= 4 is 21.6 Å². The van der Waals surface area contributed by atoms with Crippen LogP contribution in [0, 0.1) is 12.8 Å². The number of halogens is 1. The van der Waals surface area contributed by atoms with Crippen LogP contribution in [0.3, 0.4) is 0 Å². The predicted molar refractivity (Wildman–Crippen MR) is 85.9 cm³/mol. The smallest absolute Gasteiger partial charge is 0.243 e. The second kappa shape index (κ2) is 6.65. The Morgan fingerprint density at radius 1 is 1.33 bits per heavy atom. The molecule has 0 spiro atoms. The van der Waals surface area contributed by atoms with Crippen molar-refractivity contribution in [3.63, 3.8) is 0 Å². The molecule has 0 radical (unpaired) electrons. The van der Waals surface area contributed by atoms with Gasteiger partial charge < -0.3 is 5.73 Å². The Balaban J connectivity index is 2.32. The van der Waals surface area contributed by atoms with Crippen LogP contribution in [0.4, 0.5) is 0 Å². The minimum atomic E-state index is -3.52. The van der Waals surface area contributed by atoms with Crippen molar-refractivity contribution < 1.29 is 8.42 Å². The summed E-state index contributed by atoms with van der Waals surface area (Å²) >= 11 is 6.04. The molecule has 0 aliphatic heterocycles. The average molecular weight is 331 g/mol. The molecule has 1 aliphatic rings. The summed E-state index contributed by atoms with van der Waals surface area (Å²) in [5.41, 5.74) is 7.14. The molecule has 1 fully saturated rings. The molecule has 0 saturated heterocycles. The second-order valence-electron chi connectivity index (χ2n) is 5.83. The van der Waals surface area contributed by atoms with E-state index < -0.39 is 10.0 Å². The SMILES string of the molecule is Cc1c(CN)cc(Cl)cc1S(=O)(=O)N(C)CC1CCCC1. The highest BCUT2D eigenvalue weighted by atomic mass is 35.5. The van der Waals surface area contributed by atoms with Crippen LogP contribution in [0.15, 0.2) is 17.0 Å². The van der Waals surface area contributed by atoms with Gasteiger partial charge in [0, 0.05) is 25.2 Å². The Hall–Kier alpha value is -0.620. The van der Waals surface area contributed by atoms with Crippen molar-refractivity contribution in [2.75, 3.05) is 13.6 Å². The zero-order valence-corrected chi connectivity index (χ0v) is 14.2. The molecular formula is C15H23ClN2O2S. The van der Waals surface area contributed by atoms with Gasteiger partial charge in [0.1, 0.15) is 0 Å². The van der Waals surface area contributed by atoms with Crippen molar-refractivity contribution in [2.45, 2.75) is 44.0 Å². The largest absolute Gasteiger partial charge is 0.326 e. The Bertz CT molecular complexity index is 610. The standard InChI is InChI=1S/C15H23ClN2O2S/c1-11-13(9-17)7-14(16)8-15(11)21(19,20)18(2)10-12-5-3-4-6-12/h7-8,12H,3-6,9-10,17H2,1-2H3. The highest BCUT2D eigenvalue weighted by Crippen LogP contribution is 2.29. The van der Waals surface area contributed by atoms with Crippen LogP contribution < -0.4 is 5.73 Å². The van der Waals surface area contributed by atoms with Crippen LogP contribution in [0.5, 0.6) is 0 Å². The lowest BCUT2D eigenvalue weighted by Crippen LogP contribution is -2.32. The van der Waals surface area contributed by atoms with Crippen molar-refractivity contribution in [3.05, 3.63) is 28.3 Å². The molecule has 0 heterocycles. The first kappa shape index (κ1) is 16.7. The minimum absolute atomic E-state index is 0.274. The number of nitrogens with zero attached hydrogens (tertiary/aromatic N) is 1.